The third kappa shape index (κ3) is 10.8. The molecule has 0 fully saturated rings. The quantitative estimate of drug-likeness (QED) is 0.562. The predicted octanol–water partition coefficient (Wildman–Crippen LogP) is 1.31. The standard InChI is InChI=1S/C4H10FN.HI/c5-3-1-2-4-6;/h1-4,6H2;1H. The lowest BCUT2D eigenvalue weighted by Crippen LogP contribution is -1.97. The van der Waals surface area contributed by atoms with E-state index in [2.05, 4.69) is 0 Å². The summed E-state index contributed by atoms with van der Waals surface area (Å²) >= 11 is 0. The van der Waals surface area contributed by atoms with E-state index in [0.29, 0.717) is 13.0 Å². The Kier molecular flexibility index (Phi) is 14.8. The van der Waals surface area contributed by atoms with Gasteiger partial charge in [0.1, 0.15) is 0 Å². The maximum Gasteiger partial charge on any atom is 0.0894 e. The molecular weight excluding hydrogens is 208 g/mol. The van der Waals surface area contributed by atoms with Gasteiger partial charge in [0.25, 0.3) is 0 Å². The van der Waals surface area contributed by atoms with E-state index < -0.39 is 0 Å². The van der Waals surface area contributed by atoms with Gasteiger partial charge in [-0.1, -0.05) is 0 Å². The van der Waals surface area contributed by atoms with Crippen LogP contribution in [0.25, 0.3) is 0 Å². The number of hydrogen-bond donors (Lipinski definition) is 1. The van der Waals surface area contributed by atoms with Crippen molar-refractivity contribution in [2.24, 2.45) is 5.73 Å². The van der Waals surface area contributed by atoms with Crippen LogP contribution in [0.5, 0.6) is 0 Å². The van der Waals surface area contributed by atoms with Crippen LogP contribution in [-0.2, 0) is 0 Å². The first-order chi connectivity index (χ1) is 2.91. The average molecular weight is 219 g/mol. The van der Waals surface area contributed by atoms with Gasteiger partial charge >= 0.3 is 0 Å². The normalized spacial score (nSPS) is 7.71. The molecule has 0 radical (unpaired) electrons. The molecule has 1 nitrogen and oxygen atoms in total. The van der Waals surface area contributed by atoms with E-state index in [1.807, 2.05) is 0 Å². The SMILES string of the molecule is I.NCCCCF. The van der Waals surface area contributed by atoms with E-state index in [4.69, 9.17) is 5.73 Å². The van der Waals surface area contributed by atoms with E-state index in [0.717, 1.165) is 6.42 Å². The maximum absolute atomic E-state index is 11.1. The van der Waals surface area contributed by atoms with Gasteiger partial charge in [-0.2, -0.15) is 0 Å². The number of nitrogens with two attached hydrogens (primary N) is 1. The smallest absolute Gasteiger partial charge is 0.0894 e. The van der Waals surface area contributed by atoms with Crippen molar-refractivity contribution in [2.45, 2.75) is 12.8 Å². The molecule has 2 N–H and O–H groups in total. The lowest BCUT2D eigenvalue weighted by Gasteiger charge is -1.84. The van der Waals surface area contributed by atoms with Crippen LogP contribution >= 0.6 is 24.0 Å². The lowest BCUT2D eigenvalue weighted by molar-refractivity contribution is 0.464. The van der Waals surface area contributed by atoms with Gasteiger partial charge in [0.05, 0.1) is 6.67 Å². The van der Waals surface area contributed by atoms with E-state index in [-0.39, 0.29) is 30.7 Å². The molecule has 0 bridgehead atoms. The van der Waals surface area contributed by atoms with Crippen molar-refractivity contribution in [2.75, 3.05) is 13.2 Å². The van der Waals surface area contributed by atoms with E-state index in [9.17, 15) is 4.39 Å². The van der Waals surface area contributed by atoms with Gasteiger partial charge in [0.2, 0.25) is 0 Å². The highest BCUT2D eigenvalue weighted by atomic mass is 127. The fourth-order valence-electron chi connectivity index (χ4n) is 0.239. The second kappa shape index (κ2) is 9.80. The highest BCUT2D eigenvalue weighted by Gasteiger charge is 1.78. The van der Waals surface area contributed by atoms with Gasteiger partial charge in [0, 0.05) is 0 Å². The molecule has 0 amide bonds. The Hall–Kier alpha value is 0.620. The topological polar surface area (TPSA) is 26.0 Å². The van der Waals surface area contributed by atoms with Gasteiger partial charge < -0.3 is 5.73 Å². The highest BCUT2D eigenvalue weighted by Crippen LogP contribution is 1.83. The van der Waals surface area contributed by atoms with Gasteiger partial charge in [-0.15, -0.1) is 24.0 Å². The van der Waals surface area contributed by atoms with Gasteiger partial charge in [0.15, 0.2) is 0 Å². The zero-order valence-corrected chi connectivity index (χ0v) is 6.52. The van der Waals surface area contributed by atoms with E-state index in [1.54, 1.807) is 0 Å². The van der Waals surface area contributed by atoms with Crippen molar-refractivity contribution in [3.63, 3.8) is 0 Å². The zero-order chi connectivity index (χ0) is 4.83. The minimum atomic E-state index is -0.225. The Morgan fingerprint density at radius 3 is 2.00 bits per heavy atom. The van der Waals surface area contributed by atoms with Crippen LogP contribution < -0.4 is 5.73 Å². The summed E-state index contributed by atoms with van der Waals surface area (Å²) in [5.41, 5.74) is 5.05. The predicted molar refractivity (Wildman–Crippen MR) is 39.7 cm³/mol. The molecule has 46 valence electrons. The van der Waals surface area contributed by atoms with Crippen molar-refractivity contribution in [3.05, 3.63) is 0 Å². The highest BCUT2D eigenvalue weighted by molar-refractivity contribution is 14.0. The Labute approximate surface area is 60.5 Å². The molecule has 0 aromatic carbocycles. The van der Waals surface area contributed by atoms with Crippen LogP contribution in [0, 0.1) is 0 Å². The summed E-state index contributed by atoms with van der Waals surface area (Å²) in [5.74, 6) is 0. The molecule has 0 aromatic rings. The number of unbranched alkanes of at least 4 members (excludes halogenated alkanes) is 1. The third-order valence-electron chi connectivity index (χ3n) is 0.588. The van der Waals surface area contributed by atoms with E-state index >= 15 is 0 Å². The first-order valence-electron chi connectivity index (χ1n) is 2.18. The first kappa shape index (κ1) is 10.6. The van der Waals surface area contributed by atoms with Gasteiger partial charge in [-0.05, 0) is 19.4 Å². The Morgan fingerprint density at radius 2 is 1.86 bits per heavy atom. The number of alkyl halides is 1. The minimum Gasteiger partial charge on any atom is -0.330 e. The molecule has 0 rings (SSSR count). The molecule has 0 aliphatic carbocycles. The number of halogens is 2. The van der Waals surface area contributed by atoms with Gasteiger partial charge in [-0.3, -0.25) is 4.39 Å². The Bertz CT molecular complexity index is 23.7. The van der Waals surface area contributed by atoms with Gasteiger partial charge in [-0.25, -0.2) is 0 Å². The monoisotopic (exact) mass is 219 g/mol. The van der Waals surface area contributed by atoms with Crippen molar-refractivity contribution < 1.29 is 4.39 Å². The fraction of sp³-hybridized carbons (Fsp3) is 1.00. The average Bonchev–Trinajstić information content (AvgIpc) is 1.61. The summed E-state index contributed by atoms with van der Waals surface area (Å²) in [6.45, 7) is 0.390. The molecule has 0 saturated carbocycles. The minimum absolute atomic E-state index is 0. The molecule has 7 heavy (non-hydrogen) atoms. The second-order valence-electron chi connectivity index (χ2n) is 1.18. The van der Waals surface area contributed by atoms with Crippen molar-refractivity contribution in [1.29, 1.82) is 0 Å². The lowest BCUT2D eigenvalue weighted by atomic mass is 10.3. The number of hydrogen-bond acceptors (Lipinski definition) is 1. The fourth-order valence-corrected chi connectivity index (χ4v) is 0.239. The molecule has 0 aromatic heterocycles. The summed E-state index contributed by atoms with van der Waals surface area (Å²) in [4.78, 5) is 0. The van der Waals surface area contributed by atoms with Crippen molar-refractivity contribution >= 4 is 24.0 Å². The zero-order valence-electron chi connectivity index (χ0n) is 4.19. The van der Waals surface area contributed by atoms with Crippen molar-refractivity contribution in [1.82, 2.24) is 0 Å². The van der Waals surface area contributed by atoms with Crippen LogP contribution in [0.4, 0.5) is 4.39 Å². The van der Waals surface area contributed by atoms with Crippen LogP contribution in [0.15, 0.2) is 0 Å². The van der Waals surface area contributed by atoms with Crippen molar-refractivity contribution in [3.8, 4) is 0 Å². The molecular formula is C4H11FIN. The molecule has 0 aliphatic rings. The molecule has 0 heterocycles. The number of rotatable bonds is 3. The largest absolute Gasteiger partial charge is 0.330 e. The molecule has 0 spiro atoms. The summed E-state index contributed by atoms with van der Waals surface area (Å²) in [6.07, 6.45) is 1.44. The first-order valence-corrected chi connectivity index (χ1v) is 2.18. The van der Waals surface area contributed by atoms with E-state index in [1.165, 1.54) is 0 Å². The summed E-state index contributed by atoms with van der Waals surface area (Å²) in [5, 5.41) is 0. The molecule has 0 saturated heterocycles. The van der Waals surface area contributed by atoms with Crippen LogP contribution in [0.1, 0.15) is 12.8 Å². The molecule has 0 aliphatic heterocycles. The summed E-state index contributed by atoms with van der Waals surface area (Å²) in [6, 6.07) is 0. The second-order valence-corrected chi connectivity index (χ2v) is 1.18. The molecule has 0 atom stereocenters. The van der Waals surface area contributed by atoms with Crippen LogP contribution in [-0.4, -0.2) is 13.2 Å². The van der Waals surface area contributed by atoms with Crippen LogP contribution in [0.3, 0.4) is 0 Å². The Morgan fingerprint density at radius 1 is 1.29 bits per heavy atom. The van der Waals surface area contributed by atoms with Crippen LogP contribution in [0.2, 0.25) is 0 Å². The molecule has 0 unspecified atom stereocenters. The third-order valence-corrected chi connectivity index (χ3v) is 0.588. The summed E-state index contributed by atoms with van der Waals surface area (Å²) in [7, 11) is 0. The summed E-state index contributed by atoms with van der Waals surface area (Å²) < 4.78 is 11.1. The Balaban J connectivity index is 0. The molecule has 3 heteroatoms. The maximum atomic E-state index is 11.1.